The summed E-state index contributed by atoms with van der Waals surface area (Å²) in [6, 6.07) is 16.5. The zero-order valence-electron chi connectivity index (χ0n) is 12.3. The van der Waals surface area contributed by atoms with Crippen molar-refractivity contribution in [3.63, 3.8) is 0 Å². The Kier molecular flexibility index (Phi) is 5.55. The van der Waals surface area contributed by atoms with Gasteiger partial charge in [-0.1, -0.05) is 48.0 Å². The van der Waals surface area contributed by atoms with Crippen LogP contribution in [0.5, 0.6) is 0 Å². The molecule has 2 amide bonds. The van der Waals surface area contributed by atoms with Gasteiger partial charge in [-0.3, -0.25) is 9.59 Å². The number of hydrogen-bond donors (Lipinski definition) is 1. The van der Waals surface area contributed by atoms with Crippen LogP contribution < -0.4 is 10.2 Å². The number of carbonyl (C=O) groups is 2. The molecule has 2 aromatic rings. The highest BCUT2D eigenvalue weighted by molar-refractivity contribution is 6.30. The molecule has 0 spiro atoms. The summed E-state index contributed by atoms with van der Waals surface area (Å²) < 4.78 is 0. The third-order valence-corrected chi connectivity index (χ3v) is 3.37. The van der Waals surface area contributed by atoms with E-state index in [4.69, 9.17) is 11.6 Å². The number of rotatable bonds is 5. The van der Waals surface area contributed by atoms with Gasteiger partial charge in [0.25, 0.3) is 0 Å². The largest absolute Gasteiger partial charge is 0.350 e. The molecule has 0 radical (unpaired) electrons. The van der Waals surface area contributed by atoms with Gasteiger partial charge in [0.1, 0.15) is 6.54 Å². The predicted molar refractivity (Wildman–Crippen MR) is 87.8 cm³/mol. The van der Waals surface area contributed by atoms with Crippen molar-refractivity contribution in [1.29, 1.82) is 0 Å². The number of benzene rings is 2. The van der Waals surface area contributed by atoms with E-state index < -0.39 is 0 Å². The summed E-state index contributed by atoms with van der Waals surface area (Å²) in [5.41, 5.74) is 1.61. The molecule has 0 unspecified atom stereocenters. The zero-order chi connectivity index (χ0) is 15.9. The molecule has 0 fully saturated rings. The molecule has 0 aliphatic carbocycles. The lowest BCUT2D eigenvalue weighted by molar-refractivity contribution is -0.123. The Labute approximate surface area is 134 Å². The van der Waals surface area contributed by atoms with Crippen molar-refractivity contribution in [2.24, 2.45) is 0 Å². The summed E-state index contributed by atoms with van der Waals surface area (Å²) in [4.78, 5) is 25.2. The quantitative estimate of drug-likeness (QED) is 0.922. The molecule has 2 rings (SSSR count). The van der Waals surface area contributed by atoms with Gasteiger partial charge in [0.15, 0.2) is 0 Å². The highest BCUT2D eigenvalue weighted by atomic mass is 35.5. The van der Waals surface area contributed by atoms with Crippen molar-refractivity contribution in [3.05, 3.63) is 65.2 Å². The molecule has 0 bridgehead atoms. The van der Waals surface area contributed by atoms with Crippen LogP contribution in [0.15, 0.2) is 54.6 Å². The monoisotopic (exact) mass is 316 g/mol. The number of anilines is 1. The highest BCUT2D eigenvalue weighted by Gasteiger charge is 2.15. The Morgan fingerprint density at radius 3 is 2.45 bits per heavy atom. The SMILES string of the molecule is CC(=O)N(CC(=O)NCc1ccccc1)c1cccc(Cl)c1. The number of amides is 2. The molecule has 2 aromatic carbocycles. The summed E-state index contributed by atoms with van der Waals surface area (Å²) in [6.07, 6.45) is 0. The third-order valence-electron chi connectivity index (χ3n) is 3.13. The van der Waals surface area contributed by atoms with Crippen molar-refractivity contribution in [2.75, 3.05) is 11.4 Å². The first kappa shape index (κ1) is 16.0. The minimum atomic E-state index is -0.223. The molecule has 22 heavy (non-hydrogen) atoms. The Morgan fingerprint density at radius 1 is 1.09 bits per heavy atom. The van der Waals surface area contributed by atoms with E-state index in [0.29, 0.717) is 17.3 Å². The lowest BCUT2D eigenvalue weighted by atomic mass is 10.2. The average molecular weight is 317 g/mol. The normalized spacial score (nSPS) is 10.1. The number of nitrogens with zero attached hydrogens (tertiary/aromatic N) is 1. The Bertz CT molecular complexity index is 659. The smallest absolute Gasteiger partial charge is 0.240 e. The van der Waals surface area contributed by atoms with E-state index in [1.807, 2.05) is 30.3 Å². The van der Waals surface area contributed by atoms with E-state index in [2.05, 4.69) is 5.32 Å². The molecule has 0 aromatic heterocycles. The van der Waals surface area contributed by atoms with Gasteiger partial charge < -0.3 is 10.2 Å². The van der Waals surface area contributed by atoms with Crippen molar-refractivity contribution in [1.82, 2.24) is 5.32 Å². The fourth-order valence-electron chi connectivity index (χ4n) is 2.02. The lowest BCUT2D eigenvalue weighted by Gasteiger charge is -2.21. The molecule has 1 N–H and O–H groups in total. The first-order valence-electron chi connectivity index (χ1n) is 6.90. The average Bonchev–Trinajstić information content (AvgIpc) is 2.51. The maximum Gasteiger partial charge on any atom is 0.240 e. The number of hydrogen-bond acceptors (Lipinski definition) is 2. The number of nitrogens with one attached hydrogen (secondary N) is 1. The minimum absolute atomic E-state index is 0.0392. The van der Waals surface area contributed by atoms with Crippen LogP contribution in [-0.4, -0.2) is 18.4 Å². The van der Waals surface area contributed by atoms with Crippen LogP contribution in [-0.2, 0) is 16.1 Å². The van der Waals surface area contributed by atoms with Gasteiger partial charge in [-0.05, 0) is 23.8 Å². The van der Waals surface area contributed by atoms with Gasteiger partial charge in [-0.15, -0.1) is 0 Å². The molecule has 0 aliphatic rings. The summed E-state index contributed by atoms with van der Waals surface area (Å²) in [6.45, 7) is 1.81. The Morgan fingerprint density at radius 2 is 1.82 bits per heavy atom. The third kappa shape index (κ3) is 4.60. The summed E-state index contributed by atoms with van der Waals surface area (Å²) in [7, 11) is 0. The van der Waals surface area contributed by atoms with Crippen LogP contribution in [0, 0.1) is 0 Å². The van der Waals surface area contributed by atoms with E-state index in [-0.39, 0.29) is 18.4 Å². The first-order valence-corrected chi connectivity index (χ1v) is 7.28. The van der Waals surface area contributed by atoms with Crippen LogP contribution in [0.1, 0.15) is 12.5 Å². The van der Waals surface area contributed by atoms with Crippen LogP contribution >= 0.6 is 11.6 Å². The van der Waals surface area contributed by atoms with E-state index in [0.717, 1.165) is 5.56 Å². The van der Waals surface area contributed by atoms with E-state index in [1.165, 1.54) is 11.8 Å². The maximum absolute atomic E-state index is 12.1. The predicted octanol–water partition coefficient (Wildman–Crippen LogP) is 3.01. The van der Waals surface area contributed by atoms with Gasteiger partial charge >= 0.3 is 0 Å². The van der Waals surface area contributed by atoms with E-state index in [9.17, 15) is 9.59 Å². The molecular formula is C17H17ClN2O2. The molecular weight excluding hydrogens is 300 g/mol. The van der Waals surface area contributed by atoms with Crippen molar-refractivity contribution in [2.45, 2.75) is 13.5 Å². The van der Waals surface area contributed by atoms with Crippen LogP contribution in [0.3, 0.4) is 0 Å². The van der Waals surface area contributed by atoms with Gasteiger partial charge in [-0.25, -0.2) is 0 Å². The van der Waals surface area contributed by atoms with E-state index >= 15 is 0 Å². The standard InChI is InChI=1S/C17H17ClN2O2/c1-13(21)20(16-9-5-8-15(18)10-16)12-17(22)19-11-14-6-3-2-4-7-14/h2-10H,11-12H2,1H3,(H,19,22). The van der Waals surface area contributed by atoms with Crippen LogP contribution in [0.4, 0.5) is 5.69 Å². The van der Waals surface area contributed by atoms with Crippen molar-refractivity contribution < 1.29 is 9.59 Å². The second-order valence-electron chi connectivity index (χ2n) is 4.85. The van der Waals surface area contributed by atoms with Crippen molar-refractivity contribution in [3.8, 4) is 0 Å². The Hall–Kier alpha value is -2.33. The molecule has 0 saturated heterocycles. The maximum atomic E-state index is 12.1. The van der Waals surface area contributed by atoms with Crippen LogP contribution in [0.25, 0.3) is 0 Å². The van der Waals surface area contributed by atoms with Crippen LogP contribution in [0.2, 0.25) is 5.02 Å². The number of halogens is 1. The van der Waals surface area contributed by atoms with Gasteiger partial charge in [0.05, 0.1) is 0 Å². The molecule has 0 heterocycles. The van der Waals surface area contributed by atoms with E-state index in [1.54, 1.807) is 24.3 Å². The molecule has 5 heteroatoms. The lowest BCUT2D eigenvalue weighted by Crippen LogP contribution is -2.39. The molecule has 4 nitrogen and oxygen atoms in total. The Balaban J connectivity index is 1.99. The second kappa shape index (κ2) is 7.61. The molecule has 0 aliphatic heterocycles. The topological polar surface area (TPSA) is 49.4 Å². The molecule has 114 valence electrons. The second-order valence-corrected chi connectivity index (χ2v) is 5.28. The van der Waals surface area contributed by atoms with Gasteiger partial charge in [0, 0.05) is 24.2 Å². The summed E-state index contributed by atoms with van der Waals surface area (Å²) in [5, 5.41) is 3.32. The van der Waals surface area contributed by atoms with Gasteiger partial charge in [0.2, 0.25) is 11.8 Å². The van der Waals surface area contributed by atoms with Gasteiger partial charge in [-0.2, -0.15) is 0 Å². The van der Waals surface area contributed by atoms with Crippen molar-refractivity contribution >= 4 is 29.1 Å². The number of carbonyl (C=O) groups excluding carboxylic acids is 2. The fraction of sp³-hybridized carbons (Fsp3) is 0.176. The molecule has 0 atom stereocenters. The summed E-state index contributed by atoms with van der Waals surface area (Å²) in [5.74, 6) is -0.434. The molecule has 0 saturated carbocycles. The minimum Gasteiger partial charge on any atom is -0.350 e. The first-order chi connectivity index (χ1) is 10.6. The zero-order valence-corrected chi connectivity index (χ0v) is 13.0. The fourth-order valence-corrected chi connectivity index (χ4v) is 2.21. The summed E-state index contributed by atoms with van der Waals surface area (Å²) >= 11 is 5.93. The highest BCUT2D eigenvalue weighted by Crippen LogP contribution is 2.19.